The van der Waals surface area contributed by atoms with Gasteiger partial charge in [0, 0.05) is 51.2 Å². The summed E-state index contributed by atoms with van der Waals surface area (Å²) in [5.74, 6) is 0.763. The Morgan fingerprint density at radius 3 is 2.54 bits per heavy atom. The summed E-state index contributed by atoms with van der Waals surface area (Å²) in [6.07, 6.45) is 0.915. The van der Waals surface area contributed by atoms with Crippen LogP contribution in [0.2, 0.25) is 5.02 Å². The van der Waals surface area contributed by atoms with E-state index in [0.717, 1.165) is 30.1 Å². The molecule has 2 atom stereocenters. The minimum atomic E-state index is 0.0958. The van der Waals surface area contributed by atoms with E-state index in [9.17, 15) is 9.59 Å². The van der Waals surface area contributed by atoms with Crippen molar-refractivity contribution < 1.29 is 9.59 Å². The van der Waals surface area contributed by atoms with Crippen molar-refractivity contribution in [2.24, 2.45) is 5.92 Å². The Morgan fingerprint density at radius 2 is 1.92 bits per heavy atom. The molecule has 1 saturated carbocycles. The van der Waals surface area contributed by atoms with E-state index in [1.54, 1.807) is 19.0 Å². The van der Waals surface area contributed by atoms with Crippen LogP contribution in [0, 0.1) is 5.92 Å². The molecule has 0 radical (unpaired) electrons. The lowest BCUT2D eigenvalue weighted by Gasteiger charge is -2.35. The van der Waals surface area contributed by atoms with Crippen LogP contribution in [0.3, 0.4) is 0 Å². The lowest BCUT2D eigenvalue weighted by molar-refractivity contribution is -0.135. The number of benzene rings is 1. The van der Waals surface area contributed by atoms with E-state index >= 15 is 0 Å². The zero-order valence-corrected chi connectivity index (χ0v) is 15.0. The first-order chi connectivity index (χ1) is 11.5. The first-order valence-corrected chi connectivity index (χ1v) is 8.80. The van der Waals surface area contributed by atoms with E-state index in [-0.39, 0.29) is 17.7 Å². The maximum atomic E-state index is 12.7. The monoisotopic (exact) mass is 349 g/mol. The summed E-state index contributed by atoms with van der Waals surface area (Å²) >= 11 is 6.04. The van der Waals surface area contributed by atoms with Crippen LogP contribution < -0.4 is 0 Å². The summed E-state index contributed by atoms with van der Waals surface area (Å²) in [5.41, 5.74) is 1.16. The number of carbonyl (C=O) groups excluding carboxylic acids is 2. The lowest BCUT2D eigenvalue weighted by Crippen LogP contribution is -2.51. The molecule has 0 unspecified atom stereocenters. The fourth-order valence-electron chi connectivity index (χ4n) is 3.27. The van der Waals surface area contributed by atoms with Gasteiger partial charge in [0.15, 0.2) is 0 Å². The minimum Gasteiger partial charge on any atom is -0.348 e. The first-order valence-electron chi connectivity index (χ1n) is 8.42. The van der Waals surface area contributed by atoms with E-state index in [0.29, 0.717) is 25.6 Å². The van der Waals surface area contributed by atoms with Gasteiger partial charge in [-0.1, -0.05) is 23.7 Å². The summed E-state index contributed by atoms with van der Waals surface area (Å²) in [6.45, 7) is 3.37. The molecule has 1 aliphatic carbocycles. The molecule has 1 aliphatic heterocycles. The molecule has 130 valence electrons. The topological polar surface area (TPSA) is 43.9 Å². The van der Waals surface area contributed by atoms with Gasteiger partial charge in [-0.15, -0.1) is 0 Å². The Bertz CT molecular complexity index is 626. The summed E-state index contributed by atoms with van der Waals surface area (Å²) in [6, 6.07) is 7.81. The summed E-state index contributed by atoms with van der Waals surface area (Å²) < 4.78 is 0. The van der Waals surface area contributed by atoms with E-state index in [2.05, 4.69) is 11.0 Å². The van der Waals surface area contributed by atoms with Gasteiger partial charge < -0.3 is 9.80 Å². The Morgan fingerprint density at radius 1 is 1.21 bits per heavy atom. The number of carbonyl (C=O) groups is 2. The fraction of sp³-hybridized carbons (Fsp3) is 0.556. The Labute approximate surface area is 148 Å². The van der Waals surface area contributed by atoms with Crippen molar-refractivity contribution in [2.75, 3.05) is 46.8 Å². The second-order valence-corrected chi connectivity index (χ2v) is 7.33. The molecule has 1 aromatic rings. The summed E-state index contributed by atoms with van der Waals surface area (Å²) in [5, 5.41) is 0.727. The first kappa shape index (κ1) is 17.2. The van der Waals surface area contributed by atoms with Crippen molar-refractivity contribution in [3.63, 3.8) is 0 Å². The number of hydrogen-bond acceptors (Lipinski definition) is 3. The van der Waals surface area contributed by atoms with Gasteiger partial charge in [-0.05, 0) is 30.0 Å². The predicted molar refractivity (Wildman–Crippen MR) is 94.0 cm³/mol. The normalized spacial score (nSPS) is 23.9. The Kier molecular flexibility index (Phi) is 5.11. The molecular formula is C18H24ClN3O2. The van der Waals surface area contributed by atoms with Gasteiger partial charge >= 0.3 is 0 Å². The van der Waals surface area contributed by atoms with Crippen LogP contribution in [-0.4, -0.2) is 73.3 Å². The van der Waals surface area contributed by atoms with Crippen molar-refractivity contribution in [1.29, 1.82) is 0 Å². The molecule has 0 bridgehead atoms. The maximum Gasteiger partial charge on any atom is 0.236 e. The van der Waals surface area contributed by atoms with Crippen LogP contribution >= 0.6 is 11.6 Å². The van der Waals surface area contributed by atoms with Gasteiger partial charge in [0.2, 0.25) is 11.8 Å². The third-order valence-corrected chi connectivity index (χ3v) is 5.16. The van der Waals surface area contributed by atoms with Crippen LogP contribution in [0.5, 0.6) is 0 Å². The molecule has 2 amide bonds. The number of likely N-dealkylation sites (N-methyl/N-ethyl adjacent to an activating group) is 1. The van der Waals surface area contributed by atoms with Crippen molar-refractivity contribution in [1.82, 2.24) is 14.7 Å². The molecule has 1 heterocycles. The lowest BCUT2D eigenvalue weighted by atomic mass is 10.1. The number of halogens is 1. The van der Waals surface area contributed by atoms with Crippen LogP contribution in [0.15, 0.2) is 24.3 Å². The van der Waals surface area contributed by atoms with E-state index in [1.807, 2.05) is 23.1 Å². The second-order valence-electron chi connectivity index (χ2n) is 6.89. The maximum absolute atomic E-state index is 12.7. The summed E-state index contributed by atoms with van der Waals surface area (Å²) in [4.78, 5) is 30.1. The largest absolute Gasteiger partial charge is 0.348 e. The van der Waals surface area contributed by atoms with Crippen molar-refractivity contribution in [3.8, 4) is 0 Å². The van der Waals surface area contributed by atoms with Gasteiger partial charge in [0.25, 0.3) is 0 Å². The third-order valence-electron chi connectivity index (χ3n) is 4.93. The molecule has 1 aromatic carbocycles. The van der Waals surface area contributed by atoms with Crippen LogP contribution in [-0.2, 0) is 9.59 Å². The molecule has 24 heavy (non-hydrogen) atoms. The summed E-state index contributed by atoms with van der Waals surface area (Å²) in [7, 11) is 3.54. The number of piperazine rings is 1. The van der Waals surface area contributed by atoms with Gasteiger partial charge in [-0.2, -0.15) is 0 Å². The molecule has 0 aromatic heterocycles. The average Bonchev–Trinajstić information content (AvgIpc) is 3.35. The highest BCUT2D eigenvalue weighted by Crippen LogP contribution is 2.48. The van der Waals surface area contributed by atoms with Gasteiger partial charge in [-0.3, -0.25) is 14.5 Å². The molecule has 0 spiro atoms. The van der Waals surface area contributed by atoms with Gasteiger partial charge in [-0.25, -0.2) is 0 Å². The standard InChI is InChI=1S/C18H24ClN3O2/c1-20(2)17(23)12-21-6-8-22(9-7-21)18(24)16-11-15(16)13-4-3-5-14(19)10-13/h3-5,10,15-16H,6-9,11-12H2,1-2H3/t15-,16+/m0/s1. The molecule has 1 saturated heterocycles. The third kappa shape index (κ3) is 3.90. The van der Waals surface area contributed by atoms with Gasteiger partial charge in [0.05, 0.1) is 6.54 Å². The van der Waals surface area contributed by atoms with E-state index in [1.165, 1.54) is 0 Å². The highest BCUT2D eigenvalue weighted by molar-refractivity contribution is 6.30. The number of nitrogens with zero attached hydrogens (tertiary/aromatic N) is 3. The fourth-order valence-corrected chi connectivity index (χ4v) is 3.47. The Balaban J connectivity index is 1.49. The zero-order chi connectivity index (χ0) is 17.3. The average molecular weight is 350 g/mol. The molecule has 2 aliphatic rings. The number of hydrogen-bond donors (Lipinski definition) is 0. The highest BCUT2D eigenvalue weighted by atomic mass is 35.5. The van der Waals surface area contributed by atoms with Crippen LogP contribution in [0.25, 0.3) is 0 Å². The SMILES string of the molecule is CN(C)C(=O)CN1CCN(C(=O)[C@@H]2C[C@H]2c2cccc(Cl)c2)CC1. The highest BCUT2D eigenvalue weighted by Gasteiger charge is 2.46. The van der Waals surface area contributed by atoms with Crippen LogP contribution in [0.4, 0.5) is 0 Å². The number of rotatable bonds is 4. The molecule has 6 heteroatoms. The van der Waals surface area contributed by atoms with E-state index in [4.69, 9.17) is 11.6 Å². The van der Waals surface area contributed by atoms with Crippen LogP contribution in [0.1, 0.15) is 17.9 Å². The molecule has 3 rings (SSSR count). The Hall–Kier alpha value is -1.59. The molecule has 2 fully saturated rings. The van der Waals surface area contributed by atoms with Crippen molar-refractivity contribution in [3.05, 3.63) is 34.9 Å². The number of amides is 2. The smallest absolute Gasteiger partial charge is 0.236 e. The predicted octanol–water partition coefficient (Wildman–Crippen LogP) is 1.68. The molecule has 5 nitrogen and oxygen atoms in total. The molecular weight excluding hydrogens is 326 g/mol. The second kappa shape index (κ2) is 7.11. The van der Waals surface area contributed by atoms with E-state index < -0.39 is 0 Å². The zero-order valence-electron chi connectivity index (χ0n) is 14.2. The van der Waals surface area contributed by atoms with Crippen molar-refractivity contribution in [2.45, 2.75) is 12.3 Å². The van der Waals surface area contributed by atoms with Crippen molar-refractivity contribution >= 4 is 23.4 Å². The molecule has 0 N–H and O–H groups in total. The minimum absolute atomic E-state index is 0.0958. The quantitative estimate of drug-likeness (QED) is 0.830. The van der Waals surface area contributed by atoms with Gasteiger partial charge in [0.1, 0.15) is 0 Å².